The fraction of sp³-hybridized carbons (Fsp3) is 0.714. The van der Waals surface area contributed by atoms with E-state index in [1.807, 2.05) is 5.38 Å². The molecule has 0 aliphatic heterocycles. The third-order valence-electron chi connectivity index (χ3n) is 3.98. The van der Waals surface area contributed by atoms with Crippen molar-refractivity contribution in [2.75, 3.05) is 18.9 Å². The van der Waals surface area contributed by atoms with Gasteiger partial charge in [-0.05, 0) is 32.4 Å². The lowest BCUT2D eigenvalue weighted by atomic mass is 9.83. The summed E-state index contributed by atoms with van der Waals surface area (Å²) in [5, 5.41) is 5.42. The van der Waals surface area contributed by atoms with Crippen LogP contribution in [-0.4, -0.2) is 35.4 Å². The molecule has 0 saturated heterocycles. The van der Waals surface area contributed by atoms with Crippen LogP contribution in [0.15, 0.2) is 5.38 Å². The highest BCUT2D eigenvalue weighted by Crippen LogP contribution is 2.28. The van der Waals surface area contributed by atoms with Crippen molar-refractivity contribution in [2.45, 2.75) is 45.2 Å². The summed E-state index contributed by atoms with van der Waals surface area (Å²) in [6.45, 7) is 3.08. The average Bonchev–Trinajstić information content (AvgIpc) is 2.85. The first-order valence-corrected chi connectivity index (χ1v) is 8.10. The van der Waals surface area contributed by atoms with E-state index in [2.05, 4.69) is 22.2 Å². The molecular weight excluding hydrogens is 272 g/mol. The number of amides is 1. The summed E-state index contributed by atoms with van der Waals surface area (Å²) in [4.78, 5) is 17.8. The predicted octanol–water partition coefficient (Wildman–Crippen LogP) is 2.05. The van der Waals surface area contributed by atoms with Crippen molar-refractivity contribution in [3.8, 4) is 0 Å². The van der Waals surface area contributed by atoms with Crippen LogP contribution in [0.5, 0.6) is 0 Å². The molecule has 6 heteroatoms. The van der Waals surface area contributed by atoms with Crippen LogP contribution in [-0.2, 0) is 11.3 Å². The summed E-state index contributed by atoms with van der Waals surface area (Å²) in [6.07, 6.45) is 5.05. The average molecular weight is 296 g/mol. The van der Waals surface area contributed by atoms with Gasteiger partial charge in [0.15, 0.2) is 5.13 Å². The molecule has 1 amide bonds. The summed E-state index contributed by atoms with van der Waals surface area (Å²) < 4.78 is 0. The number of hydrogen-bond donors (Lipinski definition) is 2. The zero-order valence-electron chi connectivity index (χ0n) is 12.3. The Morgan fingerprint density at radius 3 is 3.00 bits per heavy atom. The number of thiazole rings is 1. The van der Waals surface area contributed by atoms with Crippen LogP contribution in [0.4, 0.5) is 5.13 Å². The van der Waals surface area contributed by atoms with Crippen LogP contribution in [0.1, 0.15) is 38.3 Å². The molecule has 3 N–H and O–H groups in total. The fourth-order valence-corrected chi connectivity index (χ4v) is 3.75. The van der Waals surface area contributed by atoms with Gasteiger partial charge >= 0.3 is 0 Å². The number of rotatable bonds is 5. The molecule has 2 unspecified atom stereocenters. The molecule has 1 saturated carbocycles. The maximum absolute atomic E-state index is 11.0. The Morgan fingerprint density at radius 1 is 1.55 bits per heavy atom. The summed E-state index contributed by atoms with van der Waals surface area (Å²) >= 11 is 1.48. The highest BCUT2D eigenvalue weighted by molar-refractivity contribution is 7.13. The summed E-state index contributed by atoms with van der Waals surface area (Å²) in [5.41, 5.74) is 6.91. The second kappa shape index (κ2) is 7.15. The summed E-state index contributed by atoms with van der Waals surface area (Å²) in [5.74, 6) is 0.525. The van der Waals surface area contributed by atoms with Gasteiger partial charge < -0.3 is 11.1 Å². The van der Waals surface area contributed by atoms with Gasteiger partial charge in [-0.3, -0.25) is 9.69 Å². The number of hydrogen-bond acceptors (Lipinski definition) is 5. The lowest BCUT2D eigenvalue weighted by Crippen LogP contribution is -2.42. The lowest BCUT2D eigenvalue weighted by Gasteiger charge is -2.37. The van der Waals surface area contributed by atoms with Crippen molar-refractivity contribution in [1.29, 1.82) is 0 Å². The number of carbonyl (C=O) groups excluding carboxylic acids is 1. The van der Waals surface area contributed by atoms with Gasteiger partial charge in [0.2, 0.25) is 5.91 Å². The first-order valence-electron chi connectivity index (χ1n) is 7.22. The van der Waals surface area contributed by atoms with Gasteiger partial charge in [-0.1, -0.05) is 12.8 Å². The molecule has 1 aromatic rings. The van der Waals surface area contributed by atoms with E-state index in [0.717, 1.165) is 18.8 Å². The van der Waals surface area contributed by atoms with Crippen LogP contribution in [0.2, 0.25) is 0 Å². The van der Waals surface area contributed by atoms with Crippen molar-refractivity contribution in [1.82, 2.24) is 9.88 Å². The minimum Gasteiger partial charge on any atom is -0.330 e. The Hall–Kier alpha value is -0.980. The molecule has 20 heavy (non-hydrogen) atoms. The van der Waals surface area contributed by atoms with E-state index in [9.17, 15) is 4.79 Å². The molecule has 112 valence electrons. The maximum Gasteiger partial charge on any atom is 0.223 e. The fourth-order valence-electron chi connectivity index (χ4n) is 3.00. The number of carbonyl (C=O) groups is 1. The Kier molecular flexibility index (Phi) is 5.51. The molecule has 1 aromatic heterocycles. The van der Waals surface area contributed by atoms with Crippen LogP contribution >= 0.6 is 11.3 Å². The van der Waals surface area contributed by atoms with Gasteiger partial charge in [-0.2, -0.15) is 0 Å². The van der Waals surface area contributed by atoms with E-state index in [4.69, 9.17) is 5.73 Å². The molecule has 1 aliphatic rings. The predicted molar refractivity (Wildman–Crippen MR) is 82.7 cm³/mol. The highest BCUT2D eigenvalue weighted by Gasteiger charge is 2.27. The molecule has 2 atom stereocenters. The Bertz CT molecular complexity index is 448. The number of nitrogens with one attached hydrogen (secondary N) is 1. The van der Waals surface area contributed by atoms with E-state index in [1.54, 1.807) is 0 Å². The molecular formula is C14H24N4OS. The highest BCUT2D eigenvalue weighted by atomic mass is 32.1. The number of aromatic nitrogens is 1. The van der Waals surface area contributed by atoms with Crippen molar-refractivity contribution in [3.63, 3.8) is 0 Å². The Morgan fingerprint density at radius 2 is 2.30 bits per heavy atom. The Labute approximate surface area is 124 Å². The van der Waals surface area contributed by atoms with Crippen molar-refractivity contribution >= 4 is 22.4 Å². The second-order valence-electron chi connectivity index (χ2n) is 5.59. The first-order chi connectivity index (χ1) is 9.60. The lowest BCUT2D eigenvalue weighted by molar-refractivity contribution is -0.114. The van der Waals surface area contributed by atoms with Crippen LogP contribution in [0.25, 0.3) is 0 Å². The minimum atomic E-state index is -0.0743. The van der Waals surface area contributed by atoms with Gasteiger partial charge in [0.25, 0.3) is 0 Å². The summed E-state index contributed by atoms with van der Waals surface area (Å²) in [6, 6.07) is 0.555. The molecule has 1 aliphatic carbocycles. The summed E-state index contributed by atoms with van der Waals surface area (Å²) in [7, 11) is 2.15. The zero-order chi connectivity index (χ0) is 14.5. The van der Waals surface area contributed by atoms with Crippen LogP contribution in [0, 0.1) is 5.92 Å². The first kappa shape index (κ1) is 15.4. The van der Waals surface area contributed by atoms with E-state index in [0.29, 0.717) is 17.1 Å². The molecule has 0 aromatic carbocycles. The largest absolute Gasteiger partial charge is 0.330 e. The van der Waals surface area contributed by atoms with E-state index in [1.165, 1.54) is 43.9 Å². The SMILES string of the molecule is CC(=O)Nc1nc(CN(C)C2CCCCC2CN)cs1. The van der Waals surface area contributed by atoms with Gasteiger partial charge in [-0.15, -0.1) is 11.3 Å². The molecule has 0 radical (unpaired) electrons. The van der Waals surface area contributed by atoms with Crippen molar-refractivity contribution < 1.29 is 4.79 Å². The number of nitrogens with two attached hydrogens (primary N) is 1. The molecule has 1 fully saturated rings. The monoisotopic (exact) mass is 296 g/mol. The third kappa shape index (κ3) is 4.01. The van der Waals surface area contributed by atoms with E-state index >= 15 is 0 Å². The van der Waals surface area contributed by atoms with Crippen molar-refractivity contribution in [3.05, 3.63) is 11.1 Å². The quantitative estimate of drug-likeness (QED) is 0.872. The molecule has 0 spiro atoms. The van der Waals surface area contributed by atoms with E-state index in [-0.39, 0.29) is 5.91 Å². The number of nitrogens with zero attached hydrogens (tertiary/aromatic N) is 2. The van der Waals surface area contributed by atoms with Crippen molar-refractivity contribution in [2.24, 2.45) is 11.7 Å². The van der Waals surface area contributed by atoms with Gasteiger partial charge in [0.05, 0.1) is 5.69 Å². The second-order valence-corrected chi connectivity index (χ2v) is 6.45. The molecule has 2 rings (SSSR count). The molecule has 0 bridgehead atoms. The zero-order valence-corrected chi connectivity index (χ0v) is 13.1. The van der Waals surface area contributed by atoms with E-state index < -0.39 is 0 Å². The number of anilines is 1. The van der Waals surface area contributed by atoms with Crippen LogP contribution in [0.3, 0.4) is 0 Å². The third-order valence-corrected chi connectivity index (χ3v) is 4.79. The standard InChI is InChI=1S/C14H24N4OS/c1-10(19)16-14-17-12(9-20-14)8-18(2)13-6-4-3-5-11(13)7-15/h9,11,13H,3-8,15H2,1-2H3,(H,16,17,19). The van der Waals surface area contributed by atoms with Gasteiger partial charge in [0.1, 0.15) is 0 Å². The molecule has 5 nitrogen and oxygen atoms in total. The maximum atomic E-state index is 11.0. The smallest absolute Gasteiger partial charge is 0.223 e. The Balaban J connectivity index is 1.94. The topological polar surface area (TPSA) is 71.2 Å². The normalized spacial score (nSPS) is 23.0. The van der Waals surface area contributed by atoms with Crippen LogP contribution < -0.4 is 11.1 Å². The molecule has 1 heterocycles. The van der Waals surface area contributed by atoms with Gasteiger partial charge in [-0.25, -0.2) is 4.98 Å². The van der Waals surface area contributed by atoms with Gasteiger partial charge in [0, 0.05) is 24.9 Å². The minimum absolute atomic E-state index is 0.0743.